The number of anilines is 1. The van der Waals surface area contributed by atoms with Crippen molar-refractivity contribution < 1.29 is 22.4 Å². The summed E-state index contributed by atoms with van der Waals surface area (Å²) in [7, 11) is -1.99. The Morgan fingerprint density at radius 2 is 1.79 bits per heavy atom. The fraction of sp³-hybridized carbons (Fsp3) is 0.0952. The molecule has 1 heterocycles. The molecule has 6 nitrogen and oxygen atoms in total. The molecule has 148 valence electrons. The average molecular weight is 430 g/mol. The summed E-state index contributed by atoms with van der Waals surface area (Å²) >= 11 is 6.12. The number of carbonyl (C=O) groups excluding carboxylic acids is 1. The third-order valence-electron chi connectivity index (χ3n) is 4.56. The first kappa shape index (κ1) is 19.3. The highest BCUT2D eigenvalue weighted by atomic mass is 35.5. The van der Waals surface area contributed by atoms with E-state index in [0.717, 1.165) is 22.6 Å². The number of benzene rings is 3. The molecule has 8 heteroatoms. The smallest absolute Gasteiger partial charge is 0.257 e. The minimum Gasteiger partial charge on any atom is -0.495 e. The lowest BCUT2D eigenvalue weighted by Crippen LogP contribution is -2.14. The number of amides is 1. The van der Waals surface area contributed by atoms with E-state index in [2.05, 4.69) is 5.32 Å². The van der Waals surface area contributed by atoms with Gasteiger partial charge in [-0.3, -0.25) is 4.79 Å². The molecule has 0 spiro atoms. The molecule has 0 unspecified atom stereocenters. The highest BCUT2D eigenvalue weighted by molar-refractivity contribution is 7.90. The highest BCUT2D eigenvalue weighted by Crippen LogP contribution is 2.36. The highest BCUT2D eigenvalue weighted by Gasteiger charge is 2.18. The van der Waals surface area contributed by atoms with Crippen LogP contribution in [0.5, 0.6) is 5.75 Å². The summed E-state index contributed by atoms with van der Waals surface area (Å²) in [6.45, 7) is 0. The summed E-state index contributed by atoms with van der Waals surface area (Å²) in [5.41, 5.74) is 1.72. The van der Waals surface area contributed by atoms with Gasteiger partial charge in [-0.2, -0.15) is 0 Å². The Morgan fingerprint density at radius 3 is 2.52 bits per heavy atom. The molecule has 1 N–H and O–H groups in total. The van der Waals surface area contributed by atoms with Crippen LogP contribution in [0.15, 0.2) is 63.9 Å². The minimum absolute atomic E-state index is 0.00625. The number of nitrogens with one attached hydrogen (secondary N) is 1. The second-order valence-electron chi connectivity index (χ2n) is 6.51. The summed E-state index contributed by atoms with van der Waals surface area (Å²) in [6, 6.07) is 15.0. The Labute approximate surface area is 171 Å². The van der Waals surface area contributed by atoms with Gasteiger partial charge in [0, 0.05) is 23.1 Å². The van der Waals surface area contributed by atoms with Gasteiger partial charge in [0.1, 0.15) is 16.9 Å². The van der Waals surface area contributed by atoms with Crippen molar-refractivity contribution in [1.29, 1.82) is 0 Å². The molecule has 3 aromatic carbocycles. The van der Waals surface area contributed by atoms with Gasteiger partial charge < -0.3 is 14.5 Å². The SMILES string of the molecule is COc1cc2c(cc1NC(=O)c1cc(S(C)(=O)=O)ccc1Cl)oc1ccccc12. The molecule has 1 aromatic heterocycles. The number of ether oxygens (including phenoxy) is 1. The van der Waals surface area contributed by atoms with E-state index in [4.69, 9.17) is 20.8 Å². The van der Waals surface area contributed by atoms with Gasteiger partial charge in [-0.1, -0.05) is 29.8 Å². The minimum atomic E-state index is -3.48. The largest absolute Gasteiger partial charge is 0.495 e. The predicted molar refractivity (Wildman–Crippen MR) is 113 cm³/mol. The molecule has 29 heavy (non-hydrogen) atoms. The number of fused-ring (bicyclic) bond motifs is 3. The van der Waals surface area contributed by atoms with Crippen LogP contribution in [-0.2, 0) is 9.84 Å². The number of furan rings is 1. The maximum atomic E-state index is 12.8. The summed E-state index contributed by atoms with van der Waals surface area (Å²) in [5.74, 6) is -0.123. The summed E-state index contributed by atoms with van der Waals surface area (Å²) in [5, 5.41) is 4.66. The van der Waals surface area contributed by atoms with E-state index in [9.17, 15) is 13.2 Å². The molecular formula is C21H16ClNO5S. The van der Waals surface area contributed by atoms with Crippen LogP contribution in [0.3, 0.4) is 0 Å². The number of hydrogen-bond donors (Lipinski definition) is 1. The van der Waals surface area contributed by atoms with Gasteiger partial charge in [0.15, 0.2) is 9.84 Å². The molecule has 0 aliphatic rings. The zero-order valence-corrected chi connectivity index (χ0v) is 17.1. The van der Waals surface area contributed by atoms with Crippen molar-refractivity contribution >= 4 is 55.0 Å². The van der Waals surface area contributed by atoms with Crippen molar-refractivity contribution in [1.82, 2.24) is 0 Å². The molecule has 0 bridgehead atoms. The van der Waals surface area contributed by atoms with Gasteiger partial charge >= 0.3 is 0 Å². The average Bonchev–Trinajstić information content (AvgIpc) is 3.04. The number of carbonyl (C=O) groups is 1. The fourth-order valence-electron chi connectivity index (χ4n) is 3.12. The Morgan fingerprint density at radius 1 is 1.03 bits per heavy atom. The van der Waals surface area contributed by atoms with Gasteiger partial charge in [-0.15, -0.1) is 0 Å². The molecule has 0 fully saturated rings. The summed E-state index contributed by atoms with van der Waals surface area (Å²) in [4.78, 5) is 12.8. The van der Waals surface area contributed by atoms with Crippen molar-refractivity contribution in [2.45, 2.75) is 4.90 Å². The van der Waals surface area contributed by atoms with Crippen LogP contribution in [0.25, 0.3) is 21.9 Å². The van der Waals surface area contributed by atoms with E-state index in [1.165, 1.54) is 25.3 Å². The van der Waals surface area contributed by atoms with Crippen molar-refractivity contribution in [3.8, 4) is 5.75 Å². The first-order valence-electron chi connectivity index (χ1n) is 8.58. The lowest BCUT2D eigenvalue weighted by Gasteiger charge is -2.12. The van der Waals surface area contributed by atoms with Crippen molar-refractivity contribution in [3.05, 3.63) is 65.2 Å². The summed E-state index contributed by atoms with van der Waals surface area (Å²) in [6.07, 6.45) is 1.07. The maximum absolute atomic E-state index is 12.8. The van der Waals surface area contributed by atoms with Crippen molar-refractivity contribution in [2.75, 3.05) is 18.7 Å². The molecule has 4 aromatic rings. The first-order chi connectivity index (χ1) is 13.8. The predicted octanol–water partition coefficient (Wildman–Crippen LogP) is 4.90. The number of rotatable bonds is 4. The normalized spacial score (nSPS) is 11.7. The van der Waals surface area contributed by atoms with Crippen LogP contribution < -0.4 is 10.1 Å². The van der Waals surface area contributed by atoms with Gasteiger partial charge in [0.2, 0.25) is 0 Å². The lowest BCUT2D eigenvalue weighted by molar-refractivity contribution is 0.102. The molecule has 0 saturated heterocycles. The Kier molecular flexibility index (Phi) is 4.72. The van der Waals surface area contributed by atoms with Crippen molar-refractivity contribution in [3.63, 3.8) is 0 Å². The molecule has 0 aliphatic carbocycles. The van der Waals surface area contributed by atoms with E-state index in [-0.39, 0.29) is 15.5 Å². The van der Waals surface area contributed by atoms with Crippen LogP contribution in [0.2, 0.25) is 5.02 Å². The van der Waals surface area contributed by atoms with E-state index in [1.54, 1.807) is 12.1 Å². The second-order valence-corrected chi connectivity index (χ2v) is 8.94. The lowest BCUT2D eigenvalue weighted by atomic mass is 10.1. The third kappa shape index (κ3) is 3.54. The Bertz CT molecular complexity index is 1370. The van der Waals surface area contributed by atoms with Gasteiger partial charge in [-0.25, -0.2) is 8.42 Å². The van der Waals surface area contributed by atoms with Crippen LogP contribution in [0.1, 0.15) is 10.4 Å². The van der Waals surface area contributed by atoms with Crippen LogP contribution in [-0.4, -0.2) is 27.7 Å². The van der Waals surface area contributed by atoms with Gasteiger partial charge in [0.05, 0.1) is 28.3 Å². The number of para-hydroxylation sites is 1. The van der Waals surface area contributed by atoms with E-state index in [1.807, 2.05) is 24.3 Å². The maximum Gasteiger partial charge on any atom is 0.257 e. The zero-order valence-electron chi connectivity index (χ0n) is 15.5. The quantitative estimate of drug-likeness (QED) is 0.498. The topological polar surface area (TPSA) is 85.6 Å². The monoisotopic (exact) mass is 429 g/mol. The molecule has 0 radical (unpaired) electrons. The first-order valence-corrected chi connectivity index (χ1v) is 10.8. The number of hydrogen-bond acceptors (Lipinski definition) is 5. The molecule has 1 amide bonds. The third-order valence-corrected chi connectivity index (χ3v) is 6.00. The molecule has 0 aliphatic heterocycles. The second kappa shape index (κ2) is 7.09. The molecule has 4 rings (SSSR count). The summed E-state index contributed by atoms with van der Waals surface area (Å²) < 4.78 is 34.9. The van der Waals surface area contributed by atoms with Crippen LogP contribution in [0, 0.1) is 0 Å². The van der Waals surface area contributed by atoms with Gasteiger partial charge in [0.25, 0.3) is 5.91 Å². The van der Waals surface area contributed by atoms with Crippen LogP contribution in [0.4, 0.5) is 5.69 Å². The fourth-order valence-corrected chi connectivity index (χ4v) is 3.97. The Hall–Kier alpha value is -3.03. The van der Waals surface area contributed by atoms with E-state index >= 15 is 0 Å². The standard InChI is InChI=1S/C21H16ClNO5S/c1-27-20-10-14-13-5-3-4-6-18(13)28-19(14)11-17(20)23-21(24)15-9-12(29(2,25)26)7-8-16(15)22/h3-11H,1-2H3,(H,23,24). The number of sulfone groups is 1. The van der Waals surface area contributed by atoms with Crippen LogP contribution >= 0.6 is 11.6 Å². The zero-order chi connectivity index (χ0) is 20.8. The van der Waals surface area contributed by atoms with Gasteiger partial charge in [-0.05, 0) is 30.3 Å². The molecule has 0 saturated carbocycles. The molecular weight excluding hydrogens is 414 g/mol. The van der Waals surface area contributed by atoms with E-state index in [0.29, 0.717) is 17.0 Å². The van der Waals surface area contributed by atoms with E-state index < -0.39 is 15.7 Å². The van der Waals surface area contributed by atoms with Crippen molar-refractivity contribution in [2.24, 2.45) is 0 Å². The molecule has 0 atom stereocenters. The number of halogens is 1. The number of methoxy groups -OCH3 is 1. The Balaban J connectivity index is 1.77.